The number of nitrogens with one attached hydrogen (secondary N) is 1. The van der Waals surface area contributed by atoms with Crippen molar-refractivity contribution in [2.24, 2.45) is 5.92 Å². The molecule has 0 saturated carbocycles. The van der Waals surface area contributed by atoms with Crippen LogP contribution in [0.15, 0.2) is 12.1 Å². The molecule has 5 nitrogen and oxygen atoms in total. The summed E-state index contributed by atoms with van der Waals surface area (Å²) in [5, 5.41) is 2.26. The molecule has 0 spiro atoms. The number of carbonyl (C=O) groups excluding carboxylic acids is 2. The Balaban J connectivity index is 2.06. The molecular formula is C17H21F3N2O3. The number of ether oxygens (including phenoxy) is 1. The molecule has 1 aromatic carbocycles. The fourth-order valence-electron chi connectivity index (χ4n) is 2.72. The van der Waals surface area contributed by atoms with E-state index in [-0.39, 0.29) is 0 Å². The number of benzene rings is 1. The number of carbonyl (C=O) groups is 2. The molecule has 1 aliphatic heterocycles. The monoisotopic (exact) mass is 358 g/mol. The average molecular weight is 358 g/mol. The fraction of sp³-hybridized carbons (Fsp3) is 0.529. The van der Waals surface area contributed by atoms with Gasteiger partial charge < -0.3 is 15.0 Å². The van der Waals surface area contributed by atoms with Crippen LogP contribution < -0.4 is 5.32 Å². The Morgan fingerprint density at radius 1 is 1.20 bits per heavy atom. The minimum Gasteiger partial charge on any atom is -0.444 e. The maximum absolute atomic E-state index is 13.7. The Morgan fingerprint density at radius 3 is 2.44 bits per heavy atom. The van der Waals surface area contributed by atoms with Gasteiger partial charge in [-0.25, -0.2) is 18.0 Å². The molecule has 0 aliphatic carbocycles. The second kappa shape index (κ2) is 6.93. The van der Waals surface area contributed by atoms with Crippen LogP contribution in [-0.4, -0.2) is 35.1 Å². The van der Waals surface area contributed by atoms with Gasteiger partial charge in [0.2, 0.25) is 5.91 Å². The molecule has 1 fully saturated rings. The summed E-state index contributed by atoms with van der Waals surface area (Å²) in [6.45, 7) is 7.21. The largest absolute Gasteiger partial charge is 0.444 e. The predicted octanol–water partition coefficient (Wildman–Crippen LogP) is 3.69. The maximum atomic E-state index is 13.7. The lowest BCUT2D eigenvalue weighted by atomic mass is 10.0. The van der Waals surface area contributed by atoms with E-state index in [4.69, 9.17) is 4.74 Å². The van der Waals surface area contributed by atoms with E-state index >= 15 is 0 Å². The first-order valence-electron chi connectivity index (χ1n) is 7.95. The quantitative estimate of drug-likeness (QED) is 0.821. The molecule has 1 N–H and O–H groups in total. The van der Waals surface area contributed by atoms with E-state index in [1.165, 1.54) is 4.90 Å². The van der Waals surface area contributed by atoms with Crippen molar-refractivity contribution in [3.63, 3.8) is 0 Å². The second-order valence-corrected chi connectivity index (χ2v) is 7.02. The number of hydrogen-bond donors (Lipinski definition) is 1. The number of hydrogen-bond acceptors (Lipinski definition) is 3. The summed E-state index contributed by atoms with van der Waals surface area (Å²) in [5.41, 5.74) is -1.10. The molecular weight excluding hydrogens is 337 g/mol. The summed E-state index contributed by atoms with van der Waals surface area (Å²) in [4.78, 5) is 25.9. The van der Waals surface area contributed by atoms with E-state index in [0.29, 0.717) is 13.0 Å². The third-order valence-electron chi connectivity index (χ3n) is 4.01. The molecule has 25 heavy (non-hydrogen) atoms. The maximum Gasteiger partial charge on any atom is 0.410 e. The standard InChI is InChI=1S/C17H21F3N2O3/c1-9-10(7-8-22(9)16(24)25-17(2,3)4)15(23)21-12-6-5-11(18)13(19)14(12)20/h5-6,9-10H,7-8H2,1-4H3,(H,21,23)/t9?,10-/m0/s1. The van der Waals surface area contributed by atoms with Crippen molar-refractivity contribution in [3.8, 4) is 0 Å². The van der Waals surface area contributed by atoms with E-state index in [0.717, 1.165) is 12.1 Å². The topological polar surface area (TPSA) is 58.6 Å². The predicted molar refractivity (Wildman–Crippen MR) is 85.5 cm³/mol. The molecule has 1 saturated heterocycles. The zero-order chi connectivity index (χ0) is 18.9. The number of likely N-dealkylation sites (tertiary alicyclic amines) is 1. The lowest BCUT2D eigenvalue weighted by molar-refractivity contribution is -0.120. The highest BCUT2D eigenvalue weighted by Gasteiger charge is 2.40. The first kappa shape index (κ1) is 19.1. The van der Waals surface area contributed by atoms with Crippen LogP contribution in [0.3, 0.4) is 0 Å². The Morgan fingerprint density at radius 2 is 1.84 bits per heavy atom. The molecule has 138 valence electrons. The highest BCUT2D eigenvalue weighted by atomic mass is 19.2. The number of rotatable bonds is 2. The van der Waals surface area contributed by atoms with Crippen LogP contribution in [0.4, 0.5) is 23.7 Å². The van der Waals surface area contributed by atoms with Gasteiger partial charge in [0, 0.05) is 12.6 Å². The second-order valence-electron chi connectivity index (χ2n) is 7.02. The van der Waals surface area contributed by atoms with Crippen LogP contribution in [0.1, 0.15) is 34.1 Å². The minimum atomic E-state index is -1.65. The van der Waals surface area contributed by atoms with Crippen molar-refractivity contribution in [3.05, 3.63) is 29.6 Å². The Hall–Kier alpha value is -2.25. The lowest BCUT2D eigenvalue weighted by Gasteiger charge is -2.28. The molecule has 0 radical (unpaired) electrons. The van der Waals surface area contributed by atoms with E-state index in [9.17, 15) is 22.8 Å². The van der Waals surface area contributed by atoms with Crippen LogP contribution in [0, 0.1) is 23.4 Å². The van der Waals surface area contributed by atoms with E-state index < -0.39 is 52.7 Å². The van der Waals surface area contributed by atoms with Gasteiger partial charge in [0.25, 0.3) is 0 Å². The number of anilines is 1. The summed E-state index contributed by atoms with van der Waals surface area (Å²) in [5.74, 6) is -5.61. The third-order valence-corrected chi connectivity index (χ3v) is 4.01. The Kier molecular flexibility index (Phi) is 5.29. The van der Waals surface area contributed by atoms with Crippen molar-refractivity contribution in [1.29, 1.82) is 0 Å². The van der Waals surface area contributed by atoms with Crippen molar-refractivity contribution in [2.75, 3.05) is 11.9 Å². The van der Waals surface area contributed by atoms with Crippen LogP contribution in [-0.2, 0) is 9.53 Å². The van der Waals surface area contributed by atoms with Gasteiger partial charge in [-0.2, -0.15) is 0 Å². The Bertz CT molecular complexity index is 688. The molecule has 1 aliphatic rings. The first-order valence-corrected chi connectivity index (χ1v) is 7.95. The Labute approximate surface area is 144 Å². The zero-order valence-electron chi connectivity index (χ0n) is 14.5. The van der Waals surface area contributed by atoms with Crippen molar-refractivity contribution in [1.82, 2.24) is 4.90 Å². The van der Waals surface area contributed by atoms with Gasteiger partial charge in [0.15, 0.2) is 17.5 Å². The number of halogens is 3. The zero-order valence-corrected chi connectivity index (χ0v) is 14.5. The van der Waals surface area contributed by atoms with Gasteiger partial charge in [0.05, 0.1) is 11.6 Å². The van der Waals surface area contributed by atoms with Crippen LogP contribution in [0.2, 0.25) is 0 Å². The molecule has 1 heterocycles. The normalized spacial score (nSPS) is 20.5. The van der Waals surface area contributed by atoms with Crippen LogP contribution >= 0.6 is 0 Å². The summed E-state index contributed by atoms with van der Waals surface area (Å²) in [7, 11) is 0. The molecule has 0 aromatic heterocycles. The first-order chi connectivity index (χ1) is 11.5. The molecule has 2 rings (SSSR count). The van der Waals surface area contributed by atoms with E-state index in [1.54, 1.807) is 27.7 Å². The lowest BCUT2D eigenvalue weighted by Crippen LogP contribution is -2.41. The number of nitrogens with zero attached hydrogens (tertiary/aromatic N) is 1. The summed E-state index contributed by atoms with van der Waals surface area (Å²) in [6.07, 6.45) is -0.174. The van der Waals surface area contributed by atoms with Gasteiger partial charge in [-0.05, 0) is 46.2 Å². The van der Waals surface area contributed by atoms with Crippen molar-refractivity contribution < 1.29 is 27.5 Å². The van der Waals surface area contributed by atoms with Crippen LogP contribution in [0.25, 0.3) is 0 Å². The summed E-state index contributed by atoms with van der Waals surface area (Å²) < 4.78 is 45.2. The molecule has 0 bridgehead atoms. The van der Waals surface area contributed by atoms with E-state index in [1.807, 2.05) is 0 Å². The van der Waals surface area contributed by atoms with Crippen molar-refractivity contribution in [2.45, 2.75) is 45.8 Å². The highest BCUT2D eigenvalue weighted by molar-refractivity contribution is 5.93. The fourth-order valence-corrected chi connectivity index (χ4v) is 2.72. The summed E-state index contributed by atoms with van der Waals surface area (Å²) in [6, 6.07) is 1.22. The third kappa shape index (κ3) is 4.24. The molecule has 2 atom stereocenters. The molecule has 1 aromatic rings. The van der Waals surface area contributed by atoms with Gasteiger partial charge in [-0.3, -0.25) is 4.79 Å². The average Bonchev–Trinajstić information content (AvgIpc) is 2.88. The molecule has 8 heteroatoms. The van der Waals surface area contributed by atoms with Gasteiger partial charge in [-0.15, -0.1) is 0 Å². The van der Waals surface area contributed by atoms with Gasteiger partial charge in [0.1, 0.15) is 5.60 Å². The number of amides is 2. The van der Waals surface area contributed by atoms with E-state index in [2.05, 4.69) is 5.32 Å². The van der Waals surface area contributed by atoms with Crippen molar-refractivity contribution >= 4 is 17.7 Å². The smallest absolute Gasteiger partial charge is 0.410 e. The van der Waals surface area contributed by atoms with Gasteiger partial charge >= 0.3 is 6.09 Å². The highest BCUT2D eigenvalue weighted by Crippen LogP contribution is 2.28. The molecule has 2 amide bonds. The summed E-state index contributed by atoms with van der Waals surface area (Å²) >= 11 is 0. The van der Waals surface area contributed by atoms with Gasteiger partial charge in [-0.1, -0.05) is 0 Å². The van der Waals surface area contributed by atoms with Crippen LogP contribution in [0.5, 0.6) is 0 Å². The minimum absolute atomic E-state index is 0.314. The SMILES string of the molecule is CC1[C@@H](C(=O)Nc2ccc(F)c(F)c2F)CCN1C(=O)OC(C)(C)C. The molecule has 1 unspecified atom stereocenters.